The van der Waals surface area contributed by atoms with Gasteiger partial charge in [0.2, 0.25) is 0 Å². The molecule has 0 saturated carbocycles. The van der Waals surface area contributed by atoms with Gasteiger partial charge in [0.15, 0.2) is 5.71 Å². The molecule has 0 aliphatic heterocycles. The summed E-state index contributed by atoms with van der Waals surface area (Å²) in [5, 5.41) is 6.34. The molecule has 0 radical (unpaired) electrons. The van der Waals surface area contributed by atoms with Crippen molar-refractivity contribution in [3.8, 4) is 27.3 Å². The third-order valence-electron chi connectivity index (χ3n) is 6.24. The summed E-state index contributed by atoms with van der Waals surface area (Å²) in [6.45, 7) is 7.32. The molecule has 0 bridgehead atoms. The lowest BCUT2D eigenvalue weighted by Gasteiger charge is -2.06. The molecule has 6 aromatic rings. The normalized spacial score (nSPS) is 13.5. The zero-order chi connectivity index (χ0) is 21.9. The summed E-state index contributed by atoms with van der Waals surface area (Å²) in [7, 11) is 0. The summed E-state index contributed by atoms with van der Waals surface area (Å²) in [4.78, 5) is 4.58. The van der Waals surface area contributed by atoms with Crippen LogP contribution >= 0.6 is 22.7 Å². The van der Waals surface area contributed by atoms with Crippen LogP contribution in [0, 0.1) is 6.57 Å². The Balaban J connectivity index is 1.44. The summed E-state index contributed by atoms with van der Waals surface area (Å²) in [5.41, 5.74) is 9.97. The van der Waals surface area contributed by atoms with Gasteiger partial charge in [0.05, 0.1) is 25.5 Å². The van der Waals surface area contributed by atoms with Gasteiger partial charge in [-0.05, 0) is 52.4 Å². The van der Waals surface area contributed by atoms with Crippen LogP contribution in [0.5, 0.6) is 0 Å². The Bertz CT molecular complexity index is 1770. The summed E-state index contributed by atoms with van der Waals surface area (Å²) in [6.07, 6.45) is 0. The highest BCUT2D eigenvalue weighted by Gasteiger charge is 2.27. The number of thiophene rings is 2. The molecule has 0 N–H and O–H groups in total. The molecule has 1 aliphatic rings. The Hall–Kier alpha value is -3.98. The molecule has 7 rings (SSSR count). The maximum Gasteiger partial charge on any atom is 0.161 e. The first-order valence-corrected chi connectivity index (χ1v) is 12.3. The molecular weight excluding hydrogens is 442 g/mol. The lowest BCUT2D eigenvalue weighted by molar-refractivity contribution is 1.18. The first kappa shape index (κ1) is 18.6. The van der Waals surface area contributed by atoms with Gasteiger partial charge in [0, 0.05) is 21.7 Å². The molecule has 3 aromatic carbocycles. The number of fused-ring (bicyclic) bond motifs is 6. The average Bonchev–Trinajstić information content (AvgIpc) is 3.61. The smallest absolute Gasteiger partial charge is 0.161 e. The summed E-state index contributed by atoms with van der Waals surface area (Å²) >= 11 is 3.63. The Labute approximate surface area is 198 Å². The van der Waals surface area contributed by atoms with Crippen molar-refractivity contribution in [2.24, 2.45) is 5.10 Å². The summed E-state index contributed by atoms with van der Waals surface area (Å²) in [5.74, 6) is 0. The van der Waals surface area contributed by atoms with Gasteiger partial charge >= 0.3 is 0 Å². The lowest BCUT2D eigenvalue weighted by atomic mass is 10.0. The van der Waals surface area contributed by atoms with E-state index >= 15 is 0 Å². The van der Waals surface area contributed by atoms with Crippen LogP contribution in [0.3, 0.4) is 0 Å². The van der Waals surface area contributed by atoms with Crippen molar-refractivity contribution < 1.29 is 0 Å². The highest BCUT2D eigenvalue weighted by atomic mass is 32.1. The van der Waals surface area contributed by atoms with Crippen molar-refractivity contribution in [2.45, 2.75) is 0 Å². The largest absolute Gasteiger partial charge is 0.307 e. The summed E-state index contributed by atoms with van der Waals surface area (Å²) in [6, 6.07) is 29.8. The second-order valence-corrected chi connectivity index (χ2v) is 9.95. The van der Waals surface area contributed by atoms with Crippen LogP contribution in [-0.2, 0) is 0 Å². The maximum atomic E-state index is 7.32. The molecule has 1 aliphatic carbocycles. The first-order valence-electron chi connectivity index (χ1n) is 10.6. The van der Waals surface area contributed by atoms with Crippen LogP contribution in [0.1, 0.15) is 11.1 Å². The Morgan fingerprint density at radius 1 is 0.727 bits per heavy atom. The first-order chi connectivity index (χ1) is 16.3. The van der Waals surface area contributed by atoms with E-state index < -0.39 is 0 Å². The van der Waals surface area contributed by atoms with Crippen molar-refractivity contribution in [1.82, 2.24) is 4.57 Å². The van der Waals surface area contributed by atoms with Gasteiger partial charge in [0.1, 0.15) is 0 Å². The number of aromatic nitrogens is 1. The minimum absolute atomic E-state index is 0.771. The number of hydrogen-bond acceptors (Lipinski definition) is 3. The fraction of sp³-hybridized carbons (Fsp3) is 0. The monoisotopic (exact) mass is 457 g/mol. The fourth-order valence-electron chi connectivity index (χ4n) is 4.84. The van der Waals surface area contributed by atoms with E-state index in [2.05, 4.69) is 92.8 Å². The van der Waals surface area contributed by atoms with Gasteiger partial charge in [-0.3, -0.25) is 0 Å². The Morgan fingerprint density at radius 2 is 1.52 bits per heavy atom. The van der Waals surface area contributed by atoms with E-state index in [4.69, 9.17) is 6.57 Å². The zero-order valence-corrected chi connectivity index (χ0v) is 19.0. The van der Waals surface area contributed by atoms with Gasteiger partial charge in [-0.15, -0.1) is 27.6 Å². The quantitative estimate of drug-likeness (QED) is 0.184. The van der Waals surface area contributed by atoms with E-state index in [1.54, 1.807) is 11.3 Å². The predicted molar refractivity (Wildman–Crippen MR) is 140 cm³/mol. The van der Waals surface area contributed by atoms with Gasteiger partial charge in [-0.1, -0.05) is 54.6 Å². The molecule has 154 valence electrons. The molecule has 0 amide bonds. The third-order valence-corrected chi connectivity index (χ3v) is 8.48. The molecule has 3 heterocycles. The van der Waals surface area contributed by atoms with Gasteiger partial charge in [-0.25, -0.2) is 0 Å². The average molecular weight is 458 g/mol. The zero-order valence-electron chi connectivity index (χ0n) is 17.3. The second kappa shape index (κ2) is 7.01. The maximum absolute atomic E-state index is 7.32. The highest BCUT2D eigenvalue weighted by molar-refractivity contribution is 7.28. The highest BCUT2D eigenvalue weighted by Crippen LogP contribution is 2.45. The summed E-state index contributed by atoms with van der Waals surface area (Å²) < 4.78 is 5.00. The fourth-order valence-corrected chi connectivity index (χ4v) is 7.02. The van der Waals surface area contributed by atoms with E-state index in [0.717, 1.165) is 33.5 Å². The van der Waals surface area contributed by atoms with E-state index in [0.29, 0.717) is 0 Å². The van der Waals surface area contributed by atoms with Crippen molar-refractivity contribution in [1.29, 1.82) is 0 Å². The molecule has 3 nitrogen and oxygen atoms in total. The number of para-hydroxylation sites is 1. The second-order valence-electron chi connectivity index (χ2n) is 7.99. The minimum atomic E-state index is 0.771. The minimum Gasteiger partial charge on any atom is -0.307 e. The number of nitrogens with zero attached hydrogens (tertiary/aromatic N) is 3. The predicted octanol–water partition coefficient (Wildman–Crippen LogP) is 8.23. The topological polar surface area (TPSA) is 21.6 Å². The molecule has 33 heavy (non-hydrogen) atoms. The molecule has 5 heteroatoms. The Kier molecular flexibility index (Phi) is 3.95. The van der Waals surface area contributed by atoms with Crippen LogP contribution in [0.25, 0.3) is 52.6 Å². The SMILES string of the molecule is [C-]#[N+]/N=C1/c2ccccc2-c2ccc(-c3cc4c(s3)c3sccc3n4-c3ccccc3)cc21. The van der Waals surface area contributed by atoms with E-state index in [-0.39, 0.29) is 0 Å². The Morgan fingerprint density at radius 3 is 2.36 bits per heavy atom. The molecule has 0 atom stereocenters. The van der Waals surface area contributed by atoms with Crippen LogP contribution in [0.4, 0.5) is 0 Å². The molecule has 0 fully saturated rings. The van der Waals surface area contributed by atoms with Crippen LogP contribution < -0.4 is 0 Å². The van der Waals surface area contributed by atoms with Crippen LogP contribution in [0.15, 0.2) is 95.4 Å². The van der Waals surface area contributed by atoms with Crippen LogP contribution in [-0.4, -0.2) is 10.3 Å². The number of rotatable bonds is 2. The van der Waals surface area contributed by atoms with Crippen molar-refractivity contribution in [2.75, 3.05) is 0 Å². The standard InChI is InChI=1S/C28H15N3S2/c1-29-30-26-21-10-6-5-9-19(21)20-12-11-17(15-22(20)26)25-16-24-28(33-25)27-23(13-14-32-27)31(24)18-7-3-2-4-8-18/h2-16H/b30-26-. The molecule has 0 unspecified atom stereocenters. The van der Waals surface area contributed by atoms with E-state index in [9.17, 15) is 0 Å². The molecular formula is C28H15N3S2. The number of hydrogen-bond donors (Lipinski definition) is 0. The molecule has 3 aromatic heterocycles. The van der Waals surface area contributed by atoms with Crippen LogP contribution in [0.2, 0.25) is 0 Å². The van der Waals surface area contributed by atoms with E-state index in [1.165, 1.54) is 31.0 Å². The van der Waals surface area contributed by atoms with Crippen molar-refractivity contribution >= 4 is 48.8 Å². The lowest BCUT2D eigenvalue weighted by Crippen LogP contribution is -1.96. The molecule has 0 saturated heterocycles. The van der Waals surface area contributed by atoms with E-state index in [1.807, 2.05) is 23.5 Å². The van der Waals surface area contributed by atoms with Crippen molar-refractivity contribution in [3.63, 3.8) is 0 Å². The van der Waals surface area contributed by atoms with Crippen molar-refractivity contribution in [3.05, 3.63) is 113 Å². The van der Waals surface area contributed by atoms with Gasteiger partial charge < -0.3 is 4.57 Å². The third kappa shape index (κ3) is 2.62. The molecule has 0 spiro atoms. The number of benzene rings is 3. The van der Waals surface area contributed by atoms with Gasteiger partial charge in [-0.2, -0.15) is 6.57 Å². The van der Waals surface area contributed by atoms with Gasteiger partial charge in [0.25, 0.3) is 0 Å².